The van der Waals surface area contributed by atoms with Crippen LogP contribution in [0.1, 0.15) is 15.9 Å². The predicted molar refractivity (Wildman–Crippen MR) is 81.5 cm³/mol. The van der Waals surface area contributed by atoms with Crippen LogP contribution in [0.15, 0.2) is 66.4 Å². The van der Waals surface area contributed by atoms with Crippen LogP contribution in [0.4, 0.5) is 0 Å². The molecule has 2 aromatic carbocycles. The lowest BCUT2D eigenvalue weighted by molar-refractivity contribution is 0.101. The second-order valence-corrected chi connectivity index (χ2v) is 4.59. The van der Waals surface area contributed by atoms with Gasteiger partial charge in [-0.15, -0.1) is 0 Å². The Hall–Kier alpha value is -2.81. The van der Waals surface area contributed by atoms with Crippen molar-refractivity contribution in [3.05, 3.63) is 77.6 Å². The van der Waals surface area contributed by atoms with Gasteiger partial charge in [0.05, 0.1) is 12.7 Å². The van der Waals surface area contributed by atoms with Gasteiger partial charge in [-0.25, -0.2) is 0 Å². The van der Waals surface area contributed by atoms with Gasteiger partial charge in [0.2, 0.25) is 5.78 Å². The summed E-state index contributed by atoms with van der Waals surface area (Å²) in [6.07, 6.45) is 5.42. The summed E-state index contributed by atoms with van der Waals surface area (Å²) >= 11 is 0. The molecule has 2 aromatic rings. The van der Waals surface area contributed by atoms with Crippen molar-refractivity contribution in [3.63, 3.8) is 0 Å². The van der Waals surface area contributed by atoms with E-state index in [-0.39, 0.29) is 5.78 Å². The van der Waals surface area contributed by atoms with Crippen LogP contribution in [0, 0.1) is 0 Å². The molecule has 0 N–H and O–H groups in total. The molecule has 3 rings (SSSR count). The fourth-order valence-electron chi connectivity index (χ4n) is 2.12. The standard InChI is InChI=1S/C18H14O3/c1-20-14-10-11-15-17(12-14)21-16(18(15)19)9-5-8-13-6-3-2-4-7-13/h2-12H,1H3/b8-5+,16-9-/i19+2. The minimum atomic E-state index is -0.106. The van der Waals surface area contributed by atoms with Gasteiger partial charge < -0.3 is 9.47 Å². The maximum absolute atomic E-state index is 12.2. The van der Waals surface area contributed by atoms with Crippen molar-refractivity contribution < 1.29 is 14.3 Å². The van der Waals surface area contributed by atoms with Gasteiger partial charge in [-0.05, 0) is 23.8 Å². The van der Waals surface area contributed by atoms with E-state index in [1.807, 2.05) is 42.5 Å². The number of ketones is 1. The number of allylic oxidation sites excluding steroid dienone is 3. The minimum absolute atomic E-state index is 0.106. The van der Waals surface area contributed by atoms with Crippen LogP contribution in [-0.4, -0.2) is 12.9 Å². The lowest BCUT2D eigenvalue weighted by Crippen LogP contribution is -1.97. The number of carbonyl (C=O) groups excluding carboxylic acids is 1. The second kappa shape index (κ2) is 5.67. The van der Waals surface area contributed by atoms with E-state index in [9.17, 15) is 4.79 Å². The molecule has 3 nitrogen and oxygen atoms in total. The van der Waals surface area contributed by atoms with E-state index in [1.54, 1.807) is 31.4 Å². The van der Waals surface area contributed by atoms with E-state index in [2.05, 4.69) is 0 Å². The first kappa shape index (κ1) is 13.2. The van der Waals surface area contributed by atoms with Crippen molar-refractivity contribution in [3.8, 4) is 11.5 Å². The third kappa shape index (κ3) is 2.72. The van der Waals surface area contributed by atoms with Gasteiger partial charge in [-0.1, -0.05) is 42.5 Å². The van der Waals surface area contributed by atoms with E-state index in [4.69, 9.17) is 9.47 Å². The van der Waals surface area contributed by atoms with E-state index in [0.29, 0.717) is 22.8 Å². The molecule has 0 saturated carbocycles. The Bertz CT molecular complexity index is 727. The molecule has 1 aliphatic heterocycles. The molecule has 0 radical (unpaired) electrons. The van der Waals surface area contributed by atoms with E-state index < -0.39 is 0 Å². The molecule has 104 valence electrons. The monoisotopic (exact) mass is 280 g/mol. The Kier molecular flexibility index (Phi) is 3.56. The zero-order valence-corrected chi connectivity index (χ0v) is 11.6. The number of methoxy groups -OCH3 is 1. The first-order valence-electron chi connectivity index (χ1n) is 6.62. The first-order chi connectivity index (χ1) is 10.3. The fourth-order valence-corrected chi connectivity index (χ4v) is 2.12. The van der Waals surface area contributed by atoms with E-state index in [0.717, 1.165) is 5.56 Å². The maximum atomic E-state index is 12.2. The molecule has 0 aliphatic carbocycles. The molecule has 21 heavy (non-hydrogen) atoms. The van der Waals surface area contributed by atoms with Crippen LogP contribution in [0.3, 0.4) is 0 Å². The molecule has 0 unspecified atom stereocenters. The molecular formula is C18H14O3. The van der Waals surface area contributed by atoms with Crippen LogP contribution < -0.4 is 9.47 Å². The van der Waals surface area contributed by atoms with Crippen molar-refractivity contribution in [2.45, 2.75) is 0 Å². The normalized spacial score (nSPS) is 15.3. The third-order valence-corrected chi connectivity index (χ3v) is 3.21. The molecule has 0 atom stereocenters. The number of hydrogen-bond donors (Lipinski definition) is 0. The maximum Gasteiger partial charge on any atom is 0.231 e. The summed E-state index contributed by atoms with van der Waals surface area (Å²) in [5, 5.41) is 0. The smallest absolute Gasteiger partial charge is 0.231 e. The Morgan fingerprint density at radius 1 is 1.10 bits per heavy atom. The zero-order valence-electron chi connectivity index (χ0n) is 11.6. The van der Waals surface area contributed by atoms with Gasteiger partial charge in [0, 0.05) is 6.07 Å². The SMILES string of the molecule is COc1ccc2c(c1)O/C(=C\C=C\c1ccccc1)C2=[18O]. The van der Waals surface area contributed by atoms with Gasteiger partial charge >= 0.3 is 0 Å². The minimum Gasteiger partial charge on any atom is -0.497 e. The molecule has 1 aliphatic rings. The number of benzene rings is 2. The molecule has 0 spiro atoms. The second-order valence-electron chi connectivity index (χ2n) is 4.59. The van der Waals surface area contributed by atoms with Gasteiger partial charge in [0.15, 0.2) is 5.76 Å². The quantitative estimate of drug-likeness (QED) is 0.632. The van der Waals surface area contributed by atoms with Crippen LogP contribution in [0.25, 0.3) is 6.08 Å². The van der Waals surface area contributed by atoms with Gasteiger partial charge in [-0.3, -0.25) is 4.79 Å². The number of hydrogen-bond acceptors (Lipinski definition) is 3. The Morgan fingerprint density at radius 3 is 2.67 bits per heavy atom. The van der Waals surface area contributed by atoms with Crippen molar-refractivity contribution in [1.29, 1.82) is 0 Å². The molecule has 0 fully saturated rings. The summed E-state index contributed by atoms with van der Waals surface area (Å²) in [7, 11) is 1.58. The fraction of sp³-hybridized carbons (Fsp3) is 0.0556. The highest BCUT2D eigenvalue weighted by atomic mass is 18.1. The highest BCUT2D eigenvalue weighted by Crippen LogP contribution is 2.33. The number of Topliss-reactive ketones (excluding diaryl/α,β-unsaturated/α-hetero) is 1. The lowest BCUT2D eigenvalue weighted by atomic mass is 10.1. The predicted octanol–water partition coefficient (Wildman–Crippen LogP) is 3.87. The molecular weight excluding hydrogens is 266 g/mol. The summed E-state index contributed by atoms with van der Waals surface area (Å²) in [6, 6.07) is 15.1. The van der Waals surface area contributed by atoms with E-state index >= 15 is 0 Å². The molecule has 0 saturated heterocycles. The van der Waals surface area contributed by atoms with Crippen molar-refractivity contribution in [1.82, 2.24) is 0 Å². The molecule has 1 heterocycles. The molecule has 0 bridgehead atoms. The van der Waals surface area contributed by atoms with Crippen LogP contribution in [0.2, 0.25) is 0 Å². The van der Waals surface area contributed by atoms with Crippen LogP contribution in [0.5, 0.6) is 11.5 Å². The Labute approximate surface area is 123 Å². The molecule has 0 aromatic heterocycles. The first-order valence-corrected chi connectivity index (χ1v) is 6.62. The van der Waals surface area contributed by atoms with Gasteiger partial charge in [-0.2, -0.15) is 0 Å². The molecule has 0 amide bonds. The summed E-state index contributed by atoms with van der Waals surface area (Å²) < 4.78 is 10.7. The van der Waals surface area contributed by atoms with Crippen LogP contribution in [-0.2, 0) is 0 Å². The van der Waals surface area contributed by atoms with Crippen molar-refractivity contribution in [2.24, 2.45) is 0 Å². The summed E-state index contributed by atoms with van der Waals surface area (Å²) in [4.78, 5) is 12.2. The van der Waals surface area contributed by atoms with Gasteiger partial charge in [0.25, 0.3) is 0 Å². The molecule has 3 heteroatoms. The summed E-state index contributed by atoms with van der Waals surface area (Å²) in [6.45, 7) is 0. The Balaban J connectivity index is 1.81. The van der Waals surface area contributed by atoms with Crippen molar-refractivity contribution in [2.75, 3.05) is 7.11 Å². The average Bonchev–Trinajstić information content (AvgIpc) is 2.84. The summed E-state index contributed by atoms with van der Waals surface area (Å²) in [5.74, 6) is 1.43. The largest absolute Gasteiger partial charge is 0.497 e. The van der Waals surface area contributed by atoms with Gasteiger partial charge in [0.1, 0.15) is 11.5 Å². The number of carbonyl (C=O) groups is 1. The lowest BCUT2D eigenvalue weighted by Gasteiger charge is -2.01. The number of fused-ring (bicyclic) bond motifs is 1. The highest BCUT2D eigenvalue weighted by molar-refractivity contribution is 6.12. The van der Waals surface area contributed by atoms with E-state index in [1.165, 1.54) is 0 Å². The summed E-state index contributed by atoms with van der Waals surface area (Å²) in [5.41, 5.74) is 1.63. The van der Waals surface area contributed by atoms with Crippen LogP contribution >= 0.6 is 0 Å². The average molecular weight is 280 g/mol. The highest BCUT2D eigenvalue weighted by Gasteiger charge is 2.26. The third-order valence-electron chi connectivity index (χ3n) is 3.21. The zero-order chi connectivity index (χ0) is 14.7. The Morgan fingerprint density at radius 2 is 1.90 bits per heavy atom. The topological polar surface area (TPSA) is 35.5 Å². The van der Waals surface area contributed by atoms with Crippen molar-refractivity contribution >= 4 is 11.9 Å². The number of ether oxygens (including phenoxy) is 2. The number of rotatable bonds is 3.